The van der Waals surface area contributed by atoms with Gasteiger partial charge in [0.15, 0.2) is 0 Å². The van der Waals surface area contributed by atoms with Crippen molar-refractivity contribution < 1.29 is 9.90 Å². The molecule has 1 aromatic rings. The molecule has 0 bridgehead atoms. The lowest BCUT2D eigenvalue weighted by Crippen LogP contribution is -2.00. The van der Waals surface area contributed by atoms with Gasteiger partial charge in [0.05, 0.1) is 17.3 Å². The number of carboxylic acids is 1. The second-order valence-electron chi connectivity index (χ2n) is 3.37. The molecule has 0 radical (unpaired) electrons. The Bertz CT molecular complexity index is 334. The van der Waals surface area contributed by atoms with E-state index >= 15 is 0 Å². The monoisotopic (exact) mass is 178 g/mol. The van der Waals surface area contributed by atoms with E-state index in [1.165, 1.54) is 0 Å². The molecule has 1 aromatic heterocycles. The van der Waals surface area contributed by atoms with Gasteiger partial charge in [-0.3, -0.25) is 14.8 Å². The fourth-order valence-corrected chi connectivity index (χ4v) is 1.39. The van der Waals surface area contributed by atoms with Crippen LogP contribution >= 0.6 is 0 Å². The van der Waals surface area contributed by atoms with Crippen LogP contribution in [-0.2, 0) is 4.79 Å². The van der Waals surface area contributed by atoms with E-state index in [9.17, 15) is 4.79 Å². The summed E-state index contributed by atoms with van der Waals surface area (Å²) in [5, 5.41) is 8.69. The lowest BCUT2D eigenvalue weighted by molar-refractivity contribution is -0.138. The van der Waals surface area contributed by atoms with Crippen LogP contribution in [0.25, 0.3) is 0 Å². The van der Waals surface area contributed by atoms with Gasteiger partial charge in [0, 0.05) is 18.3 Å². The maximum absolute atomic E-state index is 10.6. The highest BCUT2D eigenvalue weighted by atomic mass is 16.4. The Labute approximate surface area is 75.6 Å². The minimum absolute atomic E-state index is 0.0885. The smallest absolute Gasteiger partial charge is 0.307 e. The molecule has 1 fully saturated rings. The Hall–Kier alpha value is -1.45. The molecule has 1 heterocycles. The molecule has 68 valence electrons. The van der Waals surface area contributed by atoms with E-state index in [-0.39, 0.29) is 11.8 Å². The van der Waals surface area contributed by atoms with Gasteiger partial charge in [-0.25, -0.2) is 0 Å². The summed E-state index contributed by atoms with van der Waals surface area (Å²) in [4.78, 5) is 18.8. The lowest BCUT2D eigenvalue weighted by atomic mass is 10.2. The molecule has 4 heteroatoms. The van der Waals surface area contributed by atoms with E-state index in [1.54, 1.807) is 12.4 Å². The first-order valence-corrected chi connectivity index (χ1v) is 4.20. The van der Waals surface area contributed by atoms with Crippen molar-refractivity contribution in [3.63, 3.8) is 0 Å². The van der Waals surface area contributed by atoms with Crippen LogP contribution in [-0.4, -0.2) is 21.0 Å². The number of nitrogens with zero attached hydrogens (tertiary/aromatic N) is 2. The molecular weight excluding hydrogens is 168 g/mol. The Morgan fingerprint density at radius 1 is 1.54 bits per heavy atom. The van der Waals surface area contributed by atoms with Crippen LogP contribution < -0.4 is 0 Å². The first-order valence-electron chi connectivity index (χ1n) is 4.20. The number of hydrogen-bond donors (Lipinski definition) is 1. The molecule has 2 rings (SSSR count). The molecule has 0 aliphatic heterocycles. The summed E-state index contributed by atoms with van der Waals surface area (Å²) in [6, 6.07) is 0. The molecule has 0 amide bonds. The van der Waals surface area contributed by atoms with Crippen LogP contribution in [0.5, 0.6) is 0 Å². The zero-order chi connectivity index (χ0) is 9.42. The van der Waals surface area contributed by atoms with E-state index in [4.69, 9.17) is 5.11 Å². The molecule has 2 atom stereocenters. The van der Waals surface area contributed by atoms with E-state index < -0.39 is 5.97 Å². The highest BCUT2D eigenvalue weighted by Gasteiger charge is 2.45. The van der Waals surface area contributed by atoms with E-state index in [2.05, 4.69) is 9.97 Å². The molecule has 4 nitrogen and oxygen atoms in total. The zero-order valence-electron chi connectivity index (χ0n) is 7.27. The van der Waals surface area contributed by atoms with Crippen molar-refractivity contribution in [1.82, 2.24) is 9.97 Å². The highest BCUT2D eigenvalue weighted by molar-refractivity contribution is 5.74. The topological polar surface area (TPSA) is 63.1 Å². The highest BCUT2D eigenvalue weighted by Crippen LogP contribution is 2.46. The van der Waals surface area contributed by atoms with Gasteiger partial charge in [0.1, 0.15) is 0 Å². The molecule has 1 N–H and O–H groups in total. The van der Waals surface area contributed by atoms with Crippen LogP contribution in [0.4, 0.5) is 0 Å². The number of carboxylic acid groups (broad SMARTS) is 1. The Morgan fingerprint density at radius 3 is 2.77 bits per heavy atom. The summed E-state index contributed by atoms with van der Waals surface area (Å²) >= 11 is 0. The van der Waals surface area contributed by atoms with Crippen molar-refractivity contribution in [3.05, 3.63) is 23.8 Å². The summed E-state index contributed by atoms with van der Waals surface area (Å²) in [6.45, 7) is 1.86. The number of aromatic nitrogens is 2. The number of carbonyl (C=O) groups is 1. The molecule has 1 aliphatic carbocycles. The van der Waals surface area contributed by atoms with Gasteiger partial charge in [-0.15, -0.1) is 0 Å². The number of rotatable bonds is 2. The van der Waals surface area contributed by atoms with Crippen molar-refractivity contribution in [2.75, 3.05) is 0 Å². The molecule has 0 saturated heterocycles. The second kappa shape index (κ2) is 2.80. The van der Waals surface area contributed by atoms with Gasteiger partial charge in [0.2, 0.25) is 0 Å². The van der Waals surface area contributed by atoms with Gasteiger partial charge in [-0.1, -0.05) is 0 Å². The minimum Gasteiger partial charge on any atom is -0.481 e. The maximum atomic E-state index is 10.6. The summed E-state index contributed by atoms with van der Waals surface area (Å²) in [6.07, 6.45) is 4.04. The molecule has 0 aromatic carbocycles. The second-order valence-corrected chi connectivity index (χ2v) is 3.37. The Kier molecular flexibility index (Phi) is 1.76. The SMILES string of the molecule is Cc1cnc(C2CC2C(=O)O)cn1. The standard InChI is InChI=1S/C9H10N2O2/c1-5-3-11-8(4-10-5)6-2-7(6)9(12)13/h3-4,6-7H,2H2,1H3,(H,12,13). The van der Waals surface area contributed by atoms with Gasteiger partial charge in [0.25, 0.3) is 0 Å². The largest absolute Gasteiger partial charge is 0.481 e. The quantitative estimate of drug-likeness (QED) is 0.733. The van der Waals surface area contributed by atoms with Crippen LogP contribution in [0.1, 0.15) is 23.7 Å². The third kappa shape index (κ3) is 1.52. The van der Waals surface area contributed by atoms with E-state index in [0.29, 0.717) is 6.42 Å². The minimum atomic E-state index is -0.729. The number of aliphatic carboxylic acids is 1. The normalized spacial score (nSPS) is 25.6. The molecule has 1 aliphatic rings. The first kappa shape index (κ1) is 8.16. The van der Waals surface area contributed by atoms with Gasteiger partial charge in [-0.05, 0) is 13.3 Å². The van der Waals surface area contributed by atoms with Crippen molar-refractivity contribution in [1.29, 1.82) is 0 Å². The molecule has 0 spiro atoms. The van der Waals surface area contributed by atoms with Crippen molar-refractivity contribution in [2.45, 2.75) is 19.3 Å². The third-order valence-corrected chi connectivity index (χ3v) is 2.29. The number of hydrogen-bond acceptors (Lipinski definition) is 3. The summed E-state index contributed by atoms with van der Waals surface area (Å²) < 4.78 is 0. The molecule has 1 saturated carbocycles. The Balaban J connectivity index is 2.12. The van der Waals surface area contributed by atoms with Crippen LogP contribution in [0.3, 0.4) is 0 Å². The summed E-state index contributed by atoms with van der Waals surface area (Å²) in [5.74, 6) is -0.880. The third-order valence-electron chi connectivity index (χ3n) is 2.29. The van der Waals surface area contributed by atoms with E-state index in [1.807, 2.05) is 6.92 Å². The van der Waals surface area contributed by atoms with Crippen LogP contribution in [0, 0.1) is 12.8 Å². The lowest BCUT2D eigenvalue weighted by Gasteiger charge is -1.96. The average molecular weight is 178 g/mol. The molecule has 13 heavy (non-hydrogen) atoms. The fraction of sp³-hybridized carbons (Fsp3) is 0.444. The summed E-state index contributed by atoms with van der Waals surface area (Å²) in [7, 11) is 0. The predicted octanol–water partition coefficient (Wildman–Crippen LogP) is 0.973. The van der Waals surface area contributed by atoms with Crippen molar-refractivity contribution in [2.24, 2.45) is 5.92 Å². The first-order chi connectivity index (χ1) is 6.18. The maximum Gasteiger partial charge on any atom is 0.307 e. The fourth-order valence-electron chi connectivity index (χ4n) is 1.39. The van der Waals surface area contributed by atoms with Gasteiger partial charge in [-0.2, -0.15) is 0 Å². The van der Waals surface area contributed by atoms with Gasteiger partial charge < -0.3 is 5.11 Å². The van der Waals surface area contributed by atoms with Crippen molar-refractivity contribution >= 4 is 5.97 Å². The summed E-state index contributed by atoms with van der Waals surface area (Å²) in [5.41, 5.74) is 1.66. The van der Waals surface area contributed by atoms with Crippen LogP contribution in [0.2, 0.25) is 0 Å². The molecular formula is C9H10N2O2. The zero-order valence-corrected chi connectivity index (χ0v) is 7.27. The number of aryl methyl sites for hydroxylation is 1. The van der Waals surface area contributed by atoms with E-state index in [0.717, 1.165) is 11.4 Å². The molecule has 2 unspecified atom stereocenters. The average Bonchev–Trinajstić information content (AvgIpc) is 2.85. The van der Waals surface area contributed by atoms with Gasteiger partial charge >= 0.3 is 5.97 Å². The van der Waals surface area contributed by atoms with Crippen molar-refractivity contribution in [3.8, 4) is 0 Å². The van der Waals surface area contributed by atoms with Crippen LogP contribution in [0.15, 0.2) is 12.4 Å². The predicted molar refractivity (Wildman–Crippen MR) is 45.3 cm³/mol. The Morgan fingerprint density at radius 2 is 2.31 bits per heavy atom.